The van der Waals surface area contributed by atoms with Crippen LogP contribution < -0.4 is 5.32 Å². The first kappa shape index (κ1) is 19.6. The molecule has 0 spiro atoms. The molecule has 1 aliphatic rings. The van der Waals surface area contributed by atoms with Gasteiger partial charge in [0.05, 0.1) is 0 Å². The summed E-state index contributed by atoms with van der Waals surface area (Å²) in [5.74, 6) is 0.654. The lowest BCUT2D eigenvalue weighted by molar-refractivity contribution is -0.121. The first-order valence-electron chi connectivity index (χ1n) is 10.6. The maximum Gasteiger partial charge on any atom is 0.220 e. The topological polar surface area (TPSA) is 78.8 Å². The molecule has 2 N–H and O–H groups in total. The number of aromatic nitrogens is 4. The van der Waals surface area contributed by atoms with Crippen molar-refractivity contribution >= 4 is 16.8 Å². The Kier molecular flexibility index (Phi) is 6.24. The van der Waals surface area contributed by atoms with Crippen LogP contribution in [0, 0.1) is 12.8 Å². The van der Waals surface area contributed by atoms with E-state index >= 15 is 0 Å². The summed E-state index contributed by atoms with van der Waals surface area (Å²) in [5, 5.41) is 8.51. The van der Waals surface area contributed by atoms with E-state index in [4.69, 9.17) is 0 Å². The molecular formula is C22H30N6O. The van der Waals surface area contributed by atoms with Crippen molar-refractivity contribution in [1.82, 2.24) is 30.0 Å². The Balaban J connectivity index is 1.23. The third kappa shape index (κ3) is 5.03. The number of likely N-dealkylation sites (tertiary alicyclic amines) is 1. The molecule has 0 saturated carbocycles. The van der Waals surface area contributed by atoms with E-state index in [1.54, 1.807) is 11.0 Å². The van der Waals surface area contributed by atoms with Crippen molar-refractivity contribution in [2.45, 2.75) is 45.7 Å². The number of fused-ring (bicyclic) bond motifs is 1. The summed E-state index contributed by atoms with van der Waals surface area (Å²) in [5.41, 5.74) is 3.87. The summed E-state index contributed by atoms with van der Waals surface area (Å²) < 4.78 is 1.76. The van der Waals surface area contributed by atoms with E-state index in [0.717, 1.165) is 39.1 Å². The summed E-state index contributed by atoms with van der Waals surface area (Å²) in [6, 6.07) is 8.50. The predicted octanol–water partition coefficient (Wildman–Crippen LogP) is 2.88. The highest BCUT2D eigenvalue weighted by atomic mass is 16.1. The van der Waals surface area contributed by atoms with E-state index in [-0.39, 0.29) is 5.91 Å². The zero-order valence-electron chi connectivity index (χ0n) is 17.1. The van der Waals surface area contributed by atoms with Crippen molar-refractivity contribution < 1.29 is 4.79 Å². The van der Waals surface area contributed by atoms with Crippen LogP contribution in [-0.2, 0) is 17.9 Å². The molecule has 29 heavy (non-hydrogen) atoms. The molecule has 2 aromatic heterocycles. The molecular weight excluding hydrogens is 364 g/mol. The van der Waals surface area contributed by atoms with E-state index in [1.165, 1.54) is 41.3 Å². The van der Waals surface area contributed by atoms with Crippen LogP contribution in [0.3, 0.4) is 0 Å². The lowest BCUT2D eigenvalue weighted by Gasteiger charge is -2.32. The molecule has 1 saturated heterocycles. The van der Waals surface area contributed by atoms with Gasteiger partial charge in [-0.05, 0) is 50.3 Å². The highest BCUT2D eigenvalue weighted by molar-refractivity contribution is 5.84. The molecule has 1 amide bonds. The number of rotatable bonds is 8. The van der Waals surface area contributed by atoms with E-state index in [9.17, 15) is 4.79 Å². The average Bonchev–Trinajstić information content (AvgIpc) is 3.36. The number of benzene rings is 1. The SMILES string of the molecule is Cc1c(CN2CCCC(CNC(=O)CCCn3cncn3)C2)[nH]c2ccccc12. The molecule has 1 aliphatic heterocycles. The number of para-hydroxylation sites is 1. The largest absolute Gasteiger partial charge is 0.357 e. The standard InChI is InChI=1S/C22H30N6O/c1-17-19-7-2-3-8-20(19)26-21(17)14-27-10-4-6-18(13-27)12-24-22(29)9-5-11-28-16-23-15-25-28/h2-3,7-8,15-16,18,26H,4-6,9-14H2,1H3,(H,24,29). The third-order valence-electron chi connectivity index (χ3n) is 5.90. The van der Waals surface area contributed by atoms with Gasteiger partial charge in [-0.1, -0.05) is 18.2 Å². The zero-order chi connectivity index (χ0) is 20.1. The fourth-order valence-corrected chi connectivity index (χ4v) is 4.28. The number of nitrogens with zero attached hydrogens (tertiary/aromatic N) is 4. The van der Waals surface area contributed by atoms with Crippen LogP contribution >= 0.6 is 0 Å². The number of amides is 1. The molecule has 154 valence electrons. The second-order valence-corrected chi connectivity index (χ2v) is 8.08. The lowest BCUT2D eigenvalue weighted by atomic mass is 9.97. The Morgan fingerprint density at radius 2 is 2.24 bits per heavy atom. The van der Waals surface area contributed by atoms with Gasteiger partial charge < -0.3 is 10.3 Å². The molecule has 4 rings (SSSR count). The molecule has 0 radical (unpaired) electrons. The number of nitrogens with one attached hydrogen (secondary N) is 2. The van der Waals surface area contributed by atoms with Crippen LogP contribution in [0.15, 0.2) is 36.9 Å². The van der Waals surface area contributed by atoms with Crippen molar-refractivity contribution in [2.24, 2.45) is 5.92 Å². The maximum atomic E-state index is 12.2. The van der Waals surface area contributed by atoms with Crippen LogP contribution in [0.2, 0.25) is 0 Å². The quantitative estimate of drug-likeness (QED) is 0.616. The van der Waals surface area contributed by atoms with Gasteiger partial charge in [-0.25, -0.2) is 4.98 Å². The molecule has 1 atom stereocenters. The highest BCUT2D eigenvalue weighted by Crippen LogP contribution is 2.24. The average molecular weight is 395 g/mol. The summed E-state index contributed by atoms with van der Waals surface area (Å²) in [6.45, 7) is 6.81. The van der Waals surface area contributed by atoms with E-state index in [0.29, 0.717) is 12.3 Å². The lowest BCUT2D eigenvalue weighted by Crippen LogP contribution is -2.40. The third-order valence-corrected chi connectivity index (χ3v) is 5.90. The minimum atomic E-state index is 0.133. The van der Waals surface area contributed by atoms with Gasteiger partial charge in [0.2, 0.25) is 5.91 Å². The van der Waals surface area contributed by atoms with Crippen molar-refractivity contribution in [1.29, 1.82) is 0 Å². The Morgan fingerprint density at radius 3 is 3.07 bits per heavy atom. The minimum absolute atomic E-state index is 0.133. The second-order valence-electron chi connectivity index (χ2n) is 8.08. The molecule has 3 heterocycles. The van der Waals surface area contributed by atoms with Gasteiger partial charge in [0.25, 0.3) is 0 Å². The summed E-state index contributed by atoms with van der Waals surface area (Å²) in [7, 11) is 0. The second kappa shape index (κ2) is 9.22. The van der Waals surface area contributed by atoms with Gasteiger partial charge in [-0.3, -0.25) is 14.4 Å². The Hall–Kier alpha value is -2.67. The molecule has 1 unspecified atom stereocenters. The fraction of sp³-hybridized carbons (Fsp3) is 0.500. The van der Waals surface area contributed by atoms with Crippen molar-refractivity contribution in [3.8, 4) is 0 Å². The number of hydrogen-bond acceptors (Lipinski definition) is 4. The number of H-pyrrole nitrogens is 1. The van der Waals surface area contributed by atoms with E-state index < -0.39 is 0 Å². The summed E-state index contributed by atoms with van der Waals surface area (Å²) >= 11 is 0. The van der Waals surface area contributed by atoms with Gasteiger partial charge in [0.15, 0.2) is 0 Å². The van der Waals surface area contributed by atoms with E-state index in [2.05, 4.69) is 56.5 Å². The Bertz CT molecular complexity index is 932. The molecule has 7 heteroatoms. The molecule has 0 aliphatic carbocycles. The smallest absolute Gasteiger partial charge is 0.220 e. The molecule has 7 nitrogen and oxygen atoms in total. The highest BCUT2D eigenvalue weighted by Gasteiger charge is 2.21. The number of carbonyl (C=O) groups is 1. The van der Waals surface area contributed by atoms with Crippen LogP contribution in [0.1, 0.15) is 36.9 Å². The Morgan fingerprint density at radius 1 is 1.34 bits per heavy atom. The van der Waals surface area contributed by atoms with Crippen molar-refractivity contribution in [3.05, 3.63) is 48.2 Å². The number of aryl methyl sites for hydroxylation is 2. The summed E-state index contributed by atoms with van der Waals surface area (Å²) in [4.78, 5) is 22.2. The number of carbonyl (C=O) groups excluding carboxylic acids is 1. The number of hydrogen-bond donors (Lipinski definition) is 2. The monoisotopic (exact) mass is 394 g/mol. The predicted molar refractivity (Wildman–Crippen MR) is 113 cm³/mol. The Labute approximate surface area is 171 Å². The minimum Gasteiger partial charge on any atom is -0.357 e. The van der Waals surface area contributed by atoms with E-state index in [1.807, 2.05) is 0 Å². The number of aromatic amines is 1. The zero-order valence-corrected chi connectivity index (χ0v) is 17.1. The van der Waals surface area contributed by atoms with Crippen LogP contribution in [0.4, 0.5) is 0 Å². The molecule has 0 bridgehead atoms. The van der Waals surface area contributed by atoms with Gasteiger partial charge in [0, 0.05) is 49.2 Å². The van der Waals surface area contributed by atoms with Gasteiger partial charge in [-0.15, -0.1) is 0 Å². The maximum absolute atomic E-state index is 12.2. The van der Waals surface area contributed by atoms with Gasteiger partial charge >= 0.3 is 0 Å². The first-order valence-corrected chi connectivity index (χ1v) is 10.6. The molecule has 3 aromatic rings. The first-order chi connectivity index (χ1) is 14.2. The van der Waals surface area contributed by atoms with Gasteiger partial charge in [0.1, 0.15) is 12.7 Å². The van der Waals surface area contributed by atoms with Crippen LogP contribution in [0.5, 0.6) is 0 Å². The van der Waals surface area contributed by atoms with Crippen molar-refractivity contribution in [2.75, 3.05) is 19.6 Å². The number of piperidine rings is 1. The van der Waals surface area contributed by atoms with Crippen LogP contribution in [0.25, 0.3) is 10.9 Å². The van der Waals surface area contributed by atoms with Gasteiger partial charge in [-0.2, -0.15) is 5.10 Å². The summed E-state index contributed by atoms with van der Waals surface area (Å²) in [6.07, 6.45) is 6.89. The molecule has 1 fully saturated rings. The fourth-order valence-electron chi connectivity index (χ4n) is 4.28. The van der Waals surface area contributed by atoms with Crippen LogP contribution in [-0.4, -0.2) is 50.2 Å². The normalized spacial score (nSPS) is 17.6. The molecule has 1 aromatic carbocycles. The van der Waals surface area contributed by atoms with Crippen molar-refractivity contribution in [3.63, 3.8) is 0 Å².